The molecule has 0 fully saturated rings. The van der Waals surface area contributed by atoms with E-state index in [4.69, 9.17) is 14.2 Å². The van der Waals surface area contributed by atoms with Crippen molar-refractivity contribution in [1.29, 1.82) is 0 Å². The third kappa shape index (κ3) is 61.4. The Labute approximate surface area is 471 Å². The highest BCUT2D eigenvalue weighted by Crippen LogP contribution is 2.16. The fourth-order valence-corrected chi connectivity index (χ4v) is 9.14. The molecule has 1 unspecified atom stereocenters. The number of rotatable bonds is 59. The average molecular weight is 1060 g/mol. The van der Waals surface area contributed by atoms with Crippen molar-refractivity contribution in [2.24, 2.45) is 0 Å². The normalized spacial score (nSPS) is 12.6. The molecule has 0 spiro atoms. The molecule has 0 aromatic carbocycles. The second kappa shape index (κ2) is 64.1. The lowest BCUT2D eigenvalue weighted by Crippen LogP contribution is -2.30. The zero-order valence-corrected chi connectivity index (χ0v) is 50.3. The molecule has 0 N–H and O–H groups in total. The minimum absolute atomic E-state index is 0.0868. The summed E-state index contributed by atoms with van der Waals surface area (Å²) in [5.74, 6) is -0.904. The number of carbonyl (C=O) groups excluding carboxylic acids is 3. The average Bonchev–Trinajstić information content (AvgIpc) is 3.42. The Bertz CT molecular complexity index is 1450. The topological polar surface area (TPSA) is 78.9 Å². The maximum absolute atomic E-state index is 12.9. The number of hydrogen-bond donors (Lipinski definition) is 0. The summed E-state index contributed by atoms with van der Waals surface area (Å²) in [7, 11) is 0. The van der Waals surface area contributed by atoms with E-state index in [1.807, 2.05) is 0 Å². The predicted molar refractivity (Wildman–Crippen MR) is 330 cm³/mol. The van der Waals surface area contributed by atoms with Gasteiger partial charge in [0.05, 0.1) is 0 Å². The Hall–Kier alpha value is -3.41. The minimum atomic E-state index is -0.792. The van der Waals surface area contributed by atoms with Crippen molar-refractivity contribution >= 4 is 17.9 Å². The summed E-state index contributed by atoms with van der Waals surface area (Å²) >= 11 is 0. The predicted octanol–water partition coefficient (Wildman–Crippen LogP) is 22.3. The van der Waals surface area contributed by atoms with Crippen LogP contribution in [0.25, 0.3) is 0 Å². The Balaban J connectivity index is 4.37. The Morgan fingerprint density at radius 1 is 0.263 bits per heavy atom. The van der Waals surface area contributed by atoms with Gasteiger partial charge < -0.3 is 14.2 Å². The van der Waals surface area contributed by atoms with Crippen molar-refractivity contribution < 1.29 is 28.6 Å². The first-order valence-corrected chi connectivity index (χ1v) is 32.6. The van der Waals surface area contributed by atoms with Crippen molar-refractivity contribution in [3.63, 3.8) is 0 Å². The highest BCUT2D eigenvalue weighted by Gasteiger charge is 2.19. The molecule has 0 amide bonds. The molecule has 0 aliphatic carbocycles. The van der Waals surface area contributed by atoms with E-state index in [1.165, 1.54) is 167 Å². The number of esters is 3. The first-order valence-electron chi connectivity index (χ1n) is 32.6. The van der Waals surface area contributed by atoms with E-state index in [1.54, 1.807) is 0 Å². The van der Waals surface area contributed by atoms with E-state index in [2.05, 4.69) is 106 Å². The van der Waals surface area contributed by atoms with Crippen LogP contribution in [0.3, 0.4) is 0 Å². The first kappa shape index (κ1) is 72.6. The van der Waals surface area contributed by atoms with Crippen LogP contribution in [0.1, 0.15) is 323 Å². The van der Waals surface area contributed by atoms with Crippen LogP contribution in [-0.2, 0) is 28.6 Å². The van der Waals surface area contributed by atoms with Gasteiger partial charge in [0.15, 0.2) is 6.10 Å². The minimum Gasteiger partial charge on any atom is -0.462 e. The summed E-state index contributed by atoms with van der Waals surface area (Å²) in [6, 6.07) is 0. The number of carbonyl (C=O) groups is 3. The number of ether oxygens (including phenoxy) is 3. The Morgan fingerprint density at radius 3 is 0.776 bits per heavy atom. The highest BCUT2D eigenvalue weighted by molar-refractivity contribution is 5.71. The maximum atomic E-state index is 12.9. The van der Waals surface area contributed by atoms with Crippen LogP contribution < -0.4 is 0 Å². The van der Waals surface area contributed by atoms with Gasteiger partial charge in [-0.05, 0) is 116 Å². The molecule has 0 rings (SSSR count). The molecule has 0 aliphatic heterocycles. The van der Waals surface area contributed by atoms with Crippen LogP contribution in [0.5, 0.6) is 0 Å². The molecular weight excluding hydrogens is 937 g/mol. The van der Waals surface area contributed by atoms with Crippen LogP contribution in [0.15, 0.2) is 85.1 Å². The number of hydrogen-bond acceptors (Lipinski definition) is 6. The summed E-state index contributed by atoms with van der Waals surface area (Å²) < 4.78 is 16.9. The molecule has 76 heavy (non-hydrogen) atoms. The van der Waals surface area contributed by atoms with Gasteiger partial charge in [0, 0.05) is 19.3 Å². The van der Waals surface area contributed by atoms with Gasteiger partial charge >= 0.3 is 17.9 Å². The van der Waals surface area contributed by atoms with Crippen molar-refractivity contribution in [3.05, 3.63) is 85.1 Å². The fourth-order valence-electron chi connectivity index (χ4n) is 9.14. The third-order valence-electron chi connectivity index (χ3n) is 14.1. The van der Waals surface area contributed by atoms with Crippen LogP contribution in [0.4, 0.5) is 0 Å². The molecule has 0 saturated heterocycles. The van der Waals surface area contributed by atoms with E-state index >= 15 is 0 Å². The van der Waals surface area contributed by atoms with Crippen LogP contribution in [0, 0.1) is 0 Å². The Kier molecular flexibility index (Phi) is 61.2. The fraction of sp³-hybridized carbons (Fsp3) is 0.757. The standard InChI is InChI=1S/C70H122O6/c1-4-7-10-13-16-19-22-25-28-30-32-34-35-37-38-40-42-45-48-51-54-57-60-63-69(72)75-66-67(65-74-68(71)62-59-56-53-50-47-44-27-24-21-18-15-12-9-6-3)76-70(73)64-61-58-55-52-49-46-43-41-39-36-33-31-29-26-23-20-17-14-11-8-5-2/h15,18,22-27,30-33,39,41,67H,4-14,16-17,19-21,28-29,34-38,40,42-66H2,1-3H3/b18-15-,25-22-,26-23-,27-24-,32-30-,33-31-,41-39-. The van der Waals surface area contributed by atoms with Crippen LogP contribution in [-0.4, -0.2) is 37.2 Å². The zero-order chi connectivity index (χ0) is 55.0. The van der Waals surface area contributed by atoms with Crippen molar-refractivity contribution in [3.8, 4) is 0 Å². The molecule has 6 nitrogen and oxygen atoms in total. The molecule has 6 heteroatoms. The molecule has 0 radical (unpaired) electrons. The van der Waals surface area contributed by atoms with Gasteiger partial charge in [0.25, 0.3) is 0 Å². The van der Waals surface area contributed by atoms with Crippen molar-refractivity contribution in [1.82, 2.24) is 0 Å². The zero-order valence-electron chi connectivity index (χ0n) is 50.3. The molecule has 438 valence electrons. The summed E-state index contributed by atoms with van der Waals surface area (Å²) in [6.45, 7) is 6.58. The number of unbranched alkanes of at least 4 members (excludes halogenated alkanes) is 34. The van der Waals surface area contributed by atoms with Gasteiger partial charge in [0.2, 0.25) is 0 Å². The van der Waals surface area contributed by atoms with E-state index in [-0.39, 0.29) is 31.1 Å². The van der Waals surface area contributed by atoms with Crippen LogP contribution in [0.2, 0.25) is 0 Å². The van der Waals surface area contributed by atoms with Gasteiger partial charge in [-0.15, -0.1) is 0 Å². The highest BCUT2D eigenvalue weighted by atomic mass is 16.6. The third-order valence-corrected chi connectivity index (χ3v) is 14.1. The lowest BCUT2D eigenvalue weighted by molar-refractivity contribution is -0.167. The van der Waals surface area contributed by atoms with E-state index in [0.29, 0.717) is 19.3 Å². The maximum Gasteiger partial charge on any atom is 0.306 e. The smallest absolute Gasteiger partial charge is 0.306 e. The van der Waals surface area contributed by atoms with E-state index in [0.717, 1.165) is 116 Å². The molecule has 0 heterocycles. The van der Waals surface area contributed by atoms with Crippen molar-refractivity contribution in [2.75, 3.05) is 13.2 Å². The van der Waals surface area contributed by atoms with Crippen molar-refractivity contribution in [2.45, 2.75) is 329 Å². The van der Waals surface area contributed by atoms with E-state index in [9.17, 15) is 14.4 Å². The SMILES string of the molecule is CCCC/C=C\C/C=C\CCCCCCCC(=O)OCC(COC(=O)CCCCCCCCCCCCC/C=C\C/C=C\CCCCCCC)OC(=O)CCCCCCCC/C=C\C/C=C\C/C=C\CCCCCCC. The Morgan fingerprint density at radius 2 is 0.487 bits per heavy atom. The van der Waals surface area contributed by atoms with Gasteiger partial charge in [0.1, 0.15) is 13.2 Å². The molecule has 1 atom stereocenters. The summed E-state index contributed by atoms with van der Waals surface area (Å²) in [6.07, 6.45) is 84.4. The summed E-state index contributed by atoms with van der Waals surface area (Å²) in [4.78, 5) is 38.3. The van der Waals surface area contributed by atoms with Gasteiger partial charge in [-0.25, -0.2) is 0 Å². The summed E-state index contributed by atoms with van der Waals surface area (Å²) in [5, 5.41) is 0. The largest absolute Gasteiger partial charge is 0.462 e. The molecule has 0 aromatic rings. The molecule has 0 aromatic heterocycles. The lowest BCUT2D eigenvalue weighted by Gasteiger charge is -2.18. The molecule has 0 saturated carbocycles. The first-order chi connectivity index (χ1) is 37.5. The van der Waals surface area contributed by atoms with Gasteiger partial charge in [-0.3, -0.25) is 14.4 Å². The quantitative estimate of drug-likeness (QED) is 0.0261. The number of allylic oxidation sites excluding steroid dienone is 14. The second-order valence-electron chi connectivity index (χ2n) is 21.7. The van der Waals surface area contributed by atoms with Gasteiger partial charge in [-0.2, -0.15) is 0 Å². The molecular formula is C70H122O6. The second-order valence-corrected chi connectivity index (χ2v) is 21.7. The van der Waals surface area contributed by atoms with Gasteiger partial charge in [-0.1, -0.05) is 273 Å². The molecule has 0 bridgehead atoms. The monoisotopic (exact) mass is 1060 g/mol. The summed E-state index contributed by atoms with van der Waals surface area (Å²) in [5.41, 5.74) is 0. The molecule has 0 aliphatic rings. The van der Waals surface area contributed by atoms with Crippen LogP contribution >= 0.6 is 0 Å². The van der Waals surface area contributed by atoms with E-state index < -0.39 is 6.10 Å². The lowest BCUT2D eigenvalue weighted by atomic mass is 10.0.